The van der Waals surface area contributed by atoms with Crippen LogP contribution >= 0.6 is 0 Å². The molecule has 1 rings (SSSR count). The lowest BCUT2D eigenvalue weighted by molar-refractivity contribution is -0.302. The van der Waals surface area contributed by atoms with E-state index < -0.39 is 37.3 Å². The number of hydrogen-bond donors (Lipinski definition) is 5. The third-order valence-electron chi connectivity index (χ3n) is 1.98. The molecule has 3 unspecified atom stereocenters. The lowest BCUT2D eigenvalue weighted by Crippen LogP contribution is -2.59. The molecule has 1 aliphatic rings. The van der Waals surface area contributed by atoms with E-state index in [0.717, 1.165) is 0 Å². The molecule has 0 spiro atoms. The summed E-state index contributed by atoms with van der Waals surface area (Å²) in [5, 5.41) is 36.4. The first-order chi connectivity index (χ1) is 6.11. The SMILES string of the molecule is NO[C@@H]1OC(CO)[C@@H](O)C(O)C1O. The van der Waals surface area contributed by atoms with Crippen LogP contribution in [-0.2, 0) is 9.57 Å². The highest BCUT2D eigenvalue weighted by Crippen LogP contribution is 2.20. The number of hydrogen-bond acceptors (Lipinski definition) is 7. The van der Waals surface area contributed by atoms with Crippen LogP contribution in [0.25, 0.3) is 0 Å². The molecule has 1 heterocycles. The standard InChI is InChI=1S/C6H13NO6/c7-13-6-5(11)4(10)3(9)2(1-8)12-6/h2-6,8-11H,1,7H2/t2?,3-,4?,5?,6+/m1/s1. The first-order valence-electron chi connectivity index (χ1n) is 3.78. The third kappa shape index (κ3) is 1.97. The fourth-order valence-electron chi connectivity index (χ4n) is 1.18. The zero-order chi connectivity index (χ0) is 10.0. The smallest absolute Gasteiger partial charge is 0.206 e. The monoisotopic (exact) mass is 195 g/mol. The van der Waals surface area contributed by atoms with Gasteiger partial charge in [0.2, 0.25) is 6.29 Å². The molecule has 13 heavy (non-hydrogen) atoms. The van der Waals surface area contributed by atoms with Gasteiger partial charge in [-0.1, -0.05) is 0 Å². The summed E-state index contributed by atoms with van der Waals surface area (Å²) < 4.78 is 4.82. The number of aliphatic hydroxyl groups is 4. The van der Waals surface area contributed by atoms with Gasteiger partial charge in [-0.2, -0.15) is 0 Å². The number of rotatable bonds is 2. The molecule has 0 aliphatic carbocycles. The maximum absolute atomic E-state index is 9.23. The molecule has 5 atom stereocenters. The molecule has 0 aromatic rings. The highest BCUT2D eigenvalue weighted by Gasteiger charge is 2.43. The van der Waals surface area contributed by atoms with Gasteiger partial charge in [0.25, 0.3) is 0 Å². The Balaban J connectivity index is 2.66. The lowest BCUT2D eigenvalue weighted by Gasteiger charge is -2.38. The van der Waals surface area contributed by atoms with Crippen molar-refractivity contribution in [2.75, 3.05) is 6.61 Å². The van der Waals surface area contributed by atoms with E-state index in [4.69, 9.17) is 15.7 Å². The van der Waals surface area contributed by atoms with Crippen LogP contribution < -0.4 is 5.90 Å². The predicted molar refractivity (Wildman–Crippen MR) is 39.0 cm³/mol. The van der Waals surface area contributed by atoms with Crippen LogP contribution in [0.5, 0.6) is 0 Å². The Morgan fingerprint density at radius 2 is 1.77 bits per heavy atom. The fraction of sp³-hybridized carbons (Fsp3) is 1.00. The maximum atomic E-state index is 9.23. The van der Waals surface area contributed by atoms with Gasteiger partial charge < -0.3 is 25.2 Å². The van der Waals surface area contributed by atoms with Crippen molar-refractivity contribution in [3.63, 3.8) is 0 Å². The molecule has 0 aromatic carbocycles. The minimum atomic E-state index is -1.44. The van der Waals surface area contributed by atoms with Crippen LogP contribution in [0.3, 0.4) is 0 Å². The topological polar surface area (TPSA) is 125 Å². The summed E-state index contributed by atoms with van der Waals surface area (Å²) in [7, 11) is 0. The highest BCUT2D eigenvalue weighted by atomic mass is 16.8. The molecule has 0 radical (unpaired) electrons. The first-order valence-corrected chi connectivity index (χ1v) is 3.78. The minimum Gasteiger partial charge on any atom is -0.394 e. The first kappa shape index (κ1) is 10.8. The molecule has 0 bridgehead atoms. The summed E-state index contributed by atoms with van der Waals surface area (Å²) in [6, 6.07) is 0. The lowest BCUT2D eigenvalue weighted by atomic mass is 9.99. The van der Waals surface area contributed by atoms with Crippen LogP contribution in [0.15, 0.2) is 0 Å². The summed E-state index contributed by atoms with van der Waals surface area (Å²) in [5.41, 5.74) is 0. The van der Waals surface area contributed by atoms with Gasteiger partial charge >= 0.3 is 0 Å². The van der Waals surface area contributed by atoms with Crippen molar-refractivity contribution in [1.82, 2.24) is 0 Å². The number of aliphatic hydroxyl groups excluding tert-OH is 4. The summed E-state index contributed by atoms with van der Waals surface area (Å²) in [6.07, 6.45) is -6.48. The quantitative estimate of drug-likeness (QED) is 0.292. The third-order valence-corrected chi connectivity index (χ3v) is 1.98. The van der Waals surface area contributed by atoms with Crippen LogP contribution in [-0.4, -0.2) is 57.7 Å². The van der Waals surface area contributed by atoms with Gasteiger partial charge in [-0.15, -0.1) is 0 Å². The van der Waals surface area contributed by atoms with E-state index >= 15 is 0 Å². The Bertz CT molecular complexity index is 147. The van der Waals surface area contributed by atoms with Gasteiger partial charge in [0.15, 0.2) is 0 Å². The molecule has 0 amide bonds. The zero-order valence-corrected chi connectivity index (χ0v) is 6.78. The van der Waals surface area contributed by atoms with Crippen molar-refractivity contribution in [3.05, 3.63) is 0 Å². The van der Waals surface area contributed by atoms with Crippen molar-refractivity contribution < 1.29 is 30.0 Å². The van der Waals surface area contributed by atoms with Crippen LogP contribution in [0.2, 0.25) is 0 Å². The van der Waals surface area contributed by atoms with E-state index in [1.54, 1.807) is 0 Å². The van der Waals surface area contributed by atoms with E-state index in [0.29, 0.717) is 0 Å². The van der Waals surface area contributed by atoms with Gasteiger partial charge in [-0.25, -0.2) is 5.90 Å². The molecule has 1 aliphatic heterocycles. The Morgan fingerprint density at radius 1 is 1.15 bits per heavy atom. The summed E-state index contributed by atoms with van der Waals surface area (Å²) >= 11 is 0. The second-order valence-corrected chi connectivity index (χ2v) is 2.83. The van der Waals surface area contributed by atoms with E-state index in [1.165, 1.54) is 0 Å². The van der Waals surface area contributed by atoms with Crippen molar-refractivity contribution in [1.29, 1.82) is 0 Å². The molecule has 7 heteroatoms. The molecule has 0 aromatic heterocycles. The van der Waals surface area contributed by atoms with Crippen molar-refractivity contribution in [2.45, 2.75) is 30.7 Å². The maximum Gasteiger partial charge on any atom is 0.206 e. The molecule has 1 saturated heterocycles. The summed E-state index contributed by atoms with van der Waals surface area (Å²) in [5.74, 6) is 4.76. The molecular weight excluding hydrogens is 182 g/mol. The van der Waals surface area contributed by atoms with E-state index in [2.05, 4.69) is 4.84 Å². The predicted octanol–water partition coefficient (Wildman–Crippen LogP) is -3.32. The molecule has 78 valence electrons. The largest absolute Gasteiger partial charge is 0.394 e. The van der Waals surface area contributed by atoms with E-state index in [9.17, 15) is 15.3 Å². The van der Waals surface area contributed by atoms with Crippen LogP contribution in [0.4, 0.5) is 0 Å². The molecule has 7 nitrogen and oxygen atoms in total. The van der Waals surface area contributed by atoms with Crippen LogP contribution in [0, 0.1) is 0 Å². The summed E-state index contributed by atoms with van der Waals surface area (Å²) in [6.45, 7) is -0.495. The van der Waals surface area contributed by atoms with Gasteiger partial charge in [0, 0.05) is 0 Å². The second-order valence-electron chi connectivity index (χ2n) is 2.83. The van der Waals surface area contributed by atoms with Crippen molar-refractivity contribution in [3.8, 4) is 0 Å². The van der Waals surface area contributed by atoms with Crippen LogP contribution in [0.1, 0.15) is 0 Å². The Labute approximate surface area is 74.3 Å². The minimum absolute atomic E-state index is 0.495. The average Bonchev–Trinajstić information content (AvgIpc) is 2.15. The van der Waals surface area contributed by atoms with Gasteiger partial charge in [-0.05, 0) is 0 Å². The van der Waals surface area contributed by atoms with E-state index in [-0.39, 0.29) is 0 Å². The van der Waals surface area contributed by atoms with Gasteiger partial charge in [0.05, 0.1) is 6.61 Å². The molecule has 0 saturated carbocycles. The normalized spacial score (nSPS) is 46.4. The van der Waals surface area contributed by atoms with E-state index in [1.807, 2.05) is 0 Å². The average molecular weight is 195 g/mol. The Morgan fingerprint density at radius 3 is 2.23 bits per heavy atom. The number of ether oxygens (including phenoxy) is 1. The van der Waals surface area contributed by atoms with Gasteiger partial charge in [-0.3, -0.25) is 4.84 Å². The highest BCUT2D eigenvalue weighted by molar-refractivity contribution is 4.88. The van der Waals surface area contributed by atoms with Crippen molar-refractivity contribution in [2.24, 2.45) is 5.90 Å². The van der Waals surface area contributed by atoms with Crippen molar-refractivity contribution >= 4 is 0 Å². The zero-order valence-electron chi connectivity index (χ0n) is 6.78. The number of nitrogens with two attached hydrogens (primary N) is 1. The molecule has 1 fully saturated rings. The summed E-state index contributed by atoms with van der Waals surface area (Å²) in [4.78, 5) is 4.20. The Kier molecular flexibility index (Phi) is 3.56. The molecule has 6 N–H and O–H groups in total. The second kappa shape index (κ2) is 4.29. The fourth-order valence-corrected chi connectivity index (χ4v) is 1.18. The van der Waals surface area contributed by atoms with Gasteiger partial charge in [0.1, 0.15) is 24.4 Å². The molecular formula is C6H13NO6. The Hall–Kier alpha value is -0.280.